The molecule has 5 heterocycles. The first-order valence-corrected chi connectivity index (χ1v) is 12.4. The molecule has 1 atom stereocenters. The largest absolute Gasteiger partial charge is 0.497 e. The zero-order valence-electron chi connectivity index (χ0n) is 21.4. The SMILES string of the molecule is CCc1occ(C(=O)N2CCN3C(=O)c4cc(-c5cnn(C)c5)cn4CC23c2ccc(OC)cc2)c1C. The first-order chi connectivity index (χ1) is 17.9. The van der Waals surface area contributed by atoms with Crippen molar-refractivity contribution in [3.05, 3.63) is 83.3 Å². The Morgan fingerprint density at radius 2 is 1.95 bits per heavy atom. The molecule has 0 aliphatic carbocycles. The molecule has 1 unspecified atom stereocenters. The van der Waals surface area contributed by atoms with E-state index in [-0.39, 0.29) is 11.8 Å². The van der Waals surface area contributed by atoms with Gasteiger partial charge in [0.25, 0.3) is 11.8 Å². The number of carbonyl (C=O) groups is 2. The smallest absolute Gasteiger partial charge is 0.272 e. The Labute approximate surface area is 214 Å². The summed E-state index contributed by atoms with van der Waals surface area (Å²) in [4.78, 5) is 31.7. The third-order valence-electron chi connectivity index (χ3n) is 7.72. The molecule has 2 aliphatic rings. The molecule has 9 heteroatoms. The van der Waals surface area contributed by atoms with E-state index in [0.717, 1.165) is 28.0 Å². The van der Waals surface area contributed by atoms with Crippen molar-refractivity contribution in [2.45, 2.75) is 32.5 Å². The Kier molecular flexibility index (Phi) is 5.25. The van der Waals surface area contributed by atoms with Crippen LogP contribution in [0.4, 0.5) is 0 Å². The molecule has 0 radical (unpaired) electrons. The van der Waals surface area contributed by atoms with Crippen LogP contribution in [-0.4, -0.2) is 56.2 Å². The highest BCUT2D eigenvalue weighted by Gasteiger charge is 2.56. The molecule has 1 fully saturated rings. The van der Waals surface area contributed by atoms with Gasteiger partial charge in [-0.3, -0.25) is 14.3 Å². The number of hydrogen-bond acceptors (Lipinski definition) is 5. The summed E-state index contributed by atoms with van der Waals surface area (Å²) in [5.41, 5.74) is 3.70. The molecular formula is C28H29N5O4. The highest BCUT2D eigenvalue weighted by atomic mass is 16.5. The van der Waals surface area contributed by atoms with Crippen LogP contribution in [0.2, 0.25) is 0 Å². The molecule has 0 bridgehead atoms. The molecule has 0 saturated carbocycles. The predicted molar refractivity (Wildman–Crippen MR) is 136 cm³/mol. The van der Waals surface area contributed by atoms with E-state index >= 15 is 0 Å². The van der Waals surface area contributed by atoms with E-state index in [2.05, 4.69) is 5.10 Å². The van der Waals surface area contributed by atoms with Crippen LogP contribution in [0.1, 0.15) is 44.7 Å². The van der Waals surface area contributed by atoms with Gasteiger partial charge in [-0.2, -0.15) is 5.10 Å². The van der Waals surface area contributed by atoms with Crippen molar-refractivity contribution in [1.29, 1.82) is 0 Å². The third-order valence-corrected chi connectivity index (χ3v) is 7.72. The summed E-state index contributed by atoms with van der Waals surface area (Å²) in [7, 11) is 3.49. The fourth-order valence-corrected chi connectivity index (χ4v) is 5.77. The molecule has 2 aliphatic heterocycles. The second-order valence-corrected chi connectivity index (χ2v) is 9.65. The summed E-state index contributed by atoms with van der Waals surface area (Å²) in [6, 6.07) is 9.55. The highest BCUT2D eigenvalue weighted by molar-refractivity contribution is 6.00. The minimum absolute atomic E-state index is 0.106. The number of aromatic nitrogens is 3. The number of amides is 2. The lowest BCUT2D eigenvalue weighted by atomic mass is 9.93. The number of furan rings is 1. The maximum absolute atomic E-state index is 14.1. The van der Waals surface area contributed by atoms with Gasteiger partial charge < -0.3 is 23.5 Å². The molecule has 190 valence electrons. The molecule has 4 aromatic rings. The van der Waals surface area contributed by atoms with Gasteiger partial charge in [0.05, 0.1) is 25.4 Å². The Morgan fingerprint density at radius 3 is 2.59 bits per heavy atom. The molecule has 9 nitrogen and oxygen atoms in total. The number of benzene rings is 1. The van der Waals surface area contributed by atoms with Crippen LogP contribution in [0.5, 0.6) is 5.75 Å². The van der Waals surface area contributed by atoms with Crippen LogP contribution in [0.25, 0.3) is 11.1 Å². The number of aryl methyl sites for hydroxylation is 2. The Balaban J connectivity index is 1.50. The molecule has 6 rings (SSSR count). The van der Waals surface area contributed by atoms with Gasteiger partial charge in [0.1, 0.15) is 23.5 Å². The molecule has 1 saturated heterocycles. The second-order valence-electron chi connectivity index (χ2n) is 9.65. The molecule has 1 aromatic carbocycles. The van der Waals surface area contributed by atoms with Crippen molar-refractivity contribution < 1.29 is 18.7 Å². The average molecular weight is 500 g/mol. The van der Waals surface area contributed by atoms with E-state index < -0.39 is 5.66 Å². The van der Waals surface area contributed by atoms with Crippen molar-refractivity contribution in [3.63, 3.8) is 0 Å². The fourth-order valence-electron chi connectivity index (χ4n) is 5.77. The quantitative estimate of drug-likeness (QED) is 0.417. The zero-order valence-corrected chi connectivity index (χ0v) is 21.4. The van der Waals surface area contributed by atoms with Gasteiger partial charge >= 0.3 is 0 Å². The van der Waals surface area contributed by atoms with Gasteiger partial charge in [-0.05, 0) is 25.1 Å². The summed E-state index contributed by atoms with van der Waals surface area (Å²) in [5, 5.41) is 4.28. The van der Waals surface area contributed by atoms with Gasteiger partial charge in [0.2, 0.25) is 0 Å². The molecular weight excluding hydrogens is 470 g/mol. The maximum Gasteiger partial charge on any atom is 0.272 e. The van der Waals surface area contributed by atoms with E-state index in [4.69, 9.17) is 9.15 Å². The number of carbonyl (C=O) groups excluding carboxylic acids is 2. The van der Waals surface area contributed by atoms with Gasteiger partial charge in [-0.15, -0.1) is 0 Å². The lowest BCUT2D eigenvalue weighted by Gasteiger charge is -2.47. The van der Waals surface area contributed by atoms with Crippen LogP contribution in [0, 0.1) is 6.92 Å². The minimum atomic E-state index is -0.991. The normalized spacial score (nSPS) is 18.8. The second kappa shape index (κ2) is 8.40. The third kappa shape index (κ3) is 3.33. The van der Waals surface area contributed by atoms with E-state index in [1.54, 1.807) is 24.3 Å². The van der Waals surface area contributed by atoms with Crippen LogP contribution in [-0.2, 0) is 25.7 Å². The lowest BCUT2D eigenvalue weighted by molar-refractivity contribution is -0.00597. The van der Waals surface area contributed by atoms with Gasteiger partial charge in [-0.1, -0.05) is 19.1 Å². The zero-order chi connectivity index (χ0) is 25.9. The molecule has 0 spiro atoms. The number of fused-ring (bicyclic) bond motifs is 2. The summed E-state index contributed by atoms with van der Waals surface area (Å²) in [5.74, 6) is 1.26. The topological polar surface area (TPSA) is 85.7 Å². The summed E-state index contributed by atoms with van der Waals surface area (Å²) in [6.45, 7) is 5.18. The van der Waals surface area contributed by atoms with Crippen molar-refractivity contribution in [1.82, 2.24) is 24.1 Å². The van der Waals surface area contributed by atoms with E-state index in [0.29, 0.717) is 43.1 Å². The van der Waals surface area contributed by atoms with E-state index in [1.165, 1.54) is 0 Å². The van der Waals surface area contributed by atoms with Crippen LogP contribution >= 0.6 is 0 Å². The number of methoxy groups -OCH3 is 1. The highest BCUT2D eigenvalue weighted by Crippen LogP contribution is 2.45. The predicted octanol–water partition coefficient (Wildman–Crippen LogP) is 3.83. The first kappa shape index (κ1) is 23.1. The molecule has 2 amide bonds. The van der Waals surface area contributed by atoms with Crippen molar-refractivity contribution in [2.75, 3.05) is 20.2 Å². The summed E-state index contributed by atoms with van der Waals surface area (Å²) >= 11 is 0. The van der Waals surface area contributed by atoms with Crippen LogP contribution < -0.4 is 4.74 Å². The number of rotatable bonds is 5. The molecule has 0 N–H and O–H groups in total. The van der Waals surface area contributed by atoms with E-state index in [9.17, 15) is 9.59 Å². The van der Waals surface area contributed by atoms with Crippen molar-refractivity contribution in [3.8, 4) is 16.9 Å². The fraction of sp³-hybridized carbons (Fsp3) is 0.321. The summed E-state index contributed by atoms with van der Waals surface area (Å²) in [6.07, 6.45) is 7.94. The van der Waals surface area contributed by atoms with Crippen LogP contribution in [0.3, 0.4) is 0 Å². The summed E-state index contributed by atoms with van der Waals surface area (Å²) < 4.78 is 14.8. The Morgan fingerprint density at radius 1 is 1.16 bits per heavy atom. The average Bonchev–Trinajstić information content (AvgIpc) is 3.69. The maximum atomic E-state index is 14.1. The minimum Gasteiger partial charge on any atom is -0.497 e. The van der Waals surface area contributed by atoms with Crippen molar-refractivity contribution in [2.24, 2.45) is 7.05 Å². The standard InChI is InChI=1S/C28H29N5O4/c1-5-25-18(2)23(16-37-25)26(34)32-10-11-33-27(35)24-12-19(20-13-29-30(3)14-20)15-31(24)17-28(32,33)21-6-8-22(36-4)9-7-21/h6-9,12-16H,5,10-11,17H2,1-4H3. The number of ether oxygens (including phenoxy) is 1. The van der Waals surface area contributed by atoms with Gasteiger partial charge in [-0.25, -0.2) is 0 Å². The van der Waals surface area contributed by atoms with Crippen molar-refractivity contribution >= 4 is 11.8 Å². The van der Waals surface area contributed by atoms with Gasteiger partial charge in [0.15, 0.2) is 5.66 Å². The molecule has 3 aromatic heterocycles. The number of nitrogens with zero attached hydrogens (tertiary/aromatic N) is 5. The Hall–Kier alpha value is -4.27. The first-order valence-electron chi connectivity index (χ1n) is 12.4. The van der Waals surface area contributed by atoms with E-state index in [1.807, 2.05) is 78.0 Å². The molecule has 37 heavy (non-hydrogen) atoms. The number of hydrogen-bond donors (Lipinski definition) is 0. The monoisotopic (exact) mass is 499 g/mol. The van der Waals surface area contributed by atoms with Crippen LogP contribution in [0.15, 0.2) is 59.6 Å². The Bertz CT molecular complexity index is 1510. The van der Waals surface area contributed by atoms with Gasteiger partial charge in [0, 0.05) is 61.2 Å². The lowest BCUT2D eigenvalue weighted by Crippen LogP contribution is -2.60.